The summed E-state index contributed by atoms with van der Waals surface area (Å²) in [5, 5.41) is 6.58. The number of nitrogens with zero attached hydrogens (tertiary/aromatic N) is 1. The molecule has 0 unspecified atom stereocenters. The number of amides is 2. The van der Waals surface area contributed by atoms with E-state index in [1.54, 1.807) is 60.7 Å². The monoisotopic (exact) mass is 333 g/mol. The number of hydrogen-bond acceptors (Lipinski definition) is 4. The minimum atomic E-state index is -0.390. The number of hydrogen-bond donors (Lipinski definition) is 2. The van der Waals surface area contributed by atoms with Gasteiger partial charge < -0.3 is 9.73 Å². The van der Waals surface area contributed by atoms with Crippen molar-refractivity contribution in [2.75, 3.05) is 5.32 Å². The maximum absolute atomic E-state index is 12.2. The summed E-state index contributed by atoms with van der Waals surface area (Å²) in [5.74, 6) is -0.100. The van der Waals surface area contributed by atoms with Crippen LogP contribution in [0.25, 0.3) is 0 Å². The van der Waals surface area contributed by atoms with Crippen LogP contribution >= 0.6 is 0 Å². The topological polar surface area (TPSA) is 83.7 Å². The third-order valence-electron chi connectivity index (χ3n) is 3.32. The molecule has 2 amide bonds. The van der Waals surface area contributed by atoms with E-state index in [-0.39, 0.29) is 5.91 Å². The lowest BCUT2D eigenvalue weighted by molar-refractivity contribution is 0.0953. The SMILES string of the molecule is O=C(N/N=C/c1ccco1)c1cccc(NC(=O)c2ccccc2)c1. The van der Waals surface area contributed by atoms with Crippen molar-refractivity contribution >= 4 is 23.7 Å². The van der Waals surface area contributed by atoms with Crippen molar-refractivity contribution in [3.05, 3.63) is 89.9 Å². The quantitative estimate of drug-likeness (QED) is 0.555. The standard InChI is InChI=1S/C19H15N3O3/c23-18(14-6-2-1-3-7-14)21-16-9-4-8-15(12-16)19(24)22-20-13-17-10-5-11-25-17/h1-13H,(H,21,23)(H,22,24)/b20-13+. The van der Waals surface area contributed by atoms with Crippen LogP contribution in [-0.4, -0.2) is 18.0 Å². The molecule has 25 heavy (non-hydrogen) atoms. The van der Waals surface area contributed by atoms with Gasteiger partial charge in [0.15, 0.2) is 0 Å². The Kier molecular flexibility index (Phi) is 5.01. The van der Waals surface area contributed by atoms with E-state index in [9.17, 15) is 9.59 Å². The van der Waals surface area contributed by atoms with Gasteiger partial charge in [0.1, 0.15) is 5.76 Å². The lowest BCUT2D eigenvalue weighted by Crippen LogP contribution is -2.18. The summed E-state index contributed by atoms with van der Waals surface area (Å²) >= 11 is 0. The summed E-state index contributed by atoms with van der Waals surface area (Å²) in [6, 6.07) is 18.9. The van der Waals surface area contributed by atoms with Crippen LogP contribution in [0.5, 0.6) is 0 Å². The van der Waals surface area contributed by atoms with Gasteiger partial charge in [-0.15, -0.1) is 0 Å². The summed E-state index contributed by atoms with van der Waals surface area (Å²) in [4.78, 5) is 24.3. The highest BCUT2D eigenvalue weighted by Crippen LogP contribution is 2.12. The van der Waals surface area contributed by atoms with Crippen LogP contribution in [0, 0.1) is 0 Å². The first-order chi connectivity index (χ1) is 12.2. The Morgan fingerprint density at radius 2 is 1.68 bits per heavy atom. The molecule has 0 aliphatic carbocycles. The first-order valence-corrected chi connectivity index (χ1v) is 7.56. The summed E-state index contributed by atoms with van der Waals surface area (Å²) in [7, 11) is 0. The second-order valence-electron chi connectivity index (χ2n) is 5.12. The lowest BCUT2D eigenvalue weighted by atomic mass is 10.1. The van der Waals surface area contributed by atoms with Gasteiger partial charge in [-0.25, -0.2) is 5.43 Å². The third-order valence-corrected chi connectivity index (χ3v) is 3.32. The molecule has 0 bridgehead atoms. The minimum Gasteiger partial charge on any atom is -0.463 e. The average Bonchev–Trinajstić information content (AvgIpc) is 3.16. The zero-order valence-corrected chi connectivity index (χ0v) is 13.2. The van der Waals surface area contributed by atoms with Crippen LogP contribution in [-0.2, 0) is 0 Å². The molecule has 0 atom stereocenters. The second kappa shape index (κ2) is 7.74. The van der Waals surface area contributed by atoms with E-state index in [4.69, 9.17) is 4.42 Å². The molecule has 3 aromatic rings. The molecule has 0 saturated heterocycles. The fourth-order valence-electron chi connectivity index (χ4n) is 2.11. The van der Waals surface area contributed by atoms with Crippen molar-refractivity contribution in [2.24, 2.45) is 5.10 Å². The van der Waals surface area contributed by atoms with Gasteiger partial charge in [0.25, 0.3) is 11.8 Å². The fraction of sp³-hybridized carbons (Fsp3) is 0. The predicted octanol–water partition coefficient (Wildman–Crippen LogP) is 3.30. The largest absolute Gasteiger partial charge is 0.463 e. The second-order valence-corrected chi connectivity index (χ2v) is 5.12. The van der Waals surface area contributed by atoms with Gasteiger partial charge in [-0.3, -0.25) is 9.59 Å². The van der Waals surface area contributed by atoms with Crippen LogP contribution in [0.2, 0.25) is 0 Å². The number of rotatable bonds is 5. The molecule has 6 heteroatoms. The number of benzene rings is 2. The lowest BCUT2D eigenvalue weighted by Gasteiger charge is -2.07. The van der Waals surface area contributed by atoms with Crippen LogP contribution in [0.15, 0.2) is 82.5 Å². The van der Waals surface area contributed by atoms with Crippen molar-refractivity contribution in [1.82, 2.24) is 5.43 Å². The Morgan fingerprint density at radius 1 is 0.880 bits per heavy atom. The third kappa shape index (κ3) is 4.42. The van der Waals surface area contributed by atoms with Gasteiger partial charge >= 0.3 is 0 Å². The molecular weight excluding hydrogens is 318 g/mol. The van der Waals surface area contributed by atoms with Gasteiger partial charge in [0.05, 0.1) is 12.5 Å². The smallest absolute Gasteiger partial charge is 0.271 e. The van der Waals surface area contributed by atoms with E-state index in [1.165, 1.54) is 12.5 Å². The molecule has 0 spiro atoms. The molecule has 0 fully saturated rings. The van der Waals surface area contributed by atoms with Crippen molar-refractivity contribution < 1.29 is 14.0 Å². The Labute approximate surface area is 144 Å². The van der Waals surface area contributed by atoms with Crippen molar-refractivity contribution in [3.63, 3.8) is 0 Å². The summed E-state index contributed by atoms with van der Waals surface area (Å²) in [6.45, 7) is 0. The van der Waals surface area contributed by atoms with Crippen LogP contribution < -0.4 is 10.7 Å². The molecule has 0 saturated carbocycles. The Balaban J connectivity index is 1.64. The van der Waals surface area contributed by atoms with E-state index >= 15 is 0 Å². The zero-order valence-electron chi connectivity index (χ0n) is 13.2. The molecule has 2 N–H and O–H groups in total. The molecule has 0 radical (unpaired) electrons. The first-order valence-electron chi connectivity index (χ1n) is 7.56. The maximum atomic E-state index is 12.2. The molecule has 3 rings (SSSR count). The van der Waals surface area contributed by atoms with Crippen molar-refractivity contribution in [1.29, 1.82) is 0 Å². The van der Waals surface area contributed by atoms with E-state index in [0.717, 1.165) is 0 Å². The maximum Gasteiger partial charge on any atom is 0.271 e. The minimum absolute atomic E-state index is 0.242. The average molecular weight is 333 g/mol. The Bertz CT molecular complexity index is 887. The van der Waals surface area contributed by atoms with Crippen LogP contribution in [0.1, 0.15) is 26.5 Å². The summed E-state index contributed by atoms with van der Waals surface area (Å²) in [6.07, 6.45) is 2.92. The van der Waals surface area contributed by atoms with Crippen molar-refractivity contribution in [3.8, 4) is 0 Å². The highest BCUT2D eigenvalue weighted by molar-refractivity contribution is 6.05. The summed E-state index contributed by atoms with van der Waals surface area (Å²) in [5.41, 5.74) is 3.85. The molecular formula is C19H15N3O3. The van der Waals surface area contributed by atoms with E-state index in [0.29, 0.717) is 22.6 Å². The summed E-state index contributed by atoms with van der Waals surface area (Å²) < 4.78 is 5.08. The predicted molar refractivity (Wildman–Crippen MR) is 94.6 cm³/mol. The molecule has 1 aromatic heterocycles. The highest BCUT2D eigenvalue weighted by atomic mass is 16.3. The van der Waals surface area contributed by atoms with E-state index in [1.807, 2.05) is 6.07 Å². The molecule has 6 nitrogen and oxygen atoms in total. The molecule has 0 aliphatic rings. The number of nitrogens with one attached hydrogen (secondary N) is 2. The normalized spacial score (nSPS) is 10.6. The molecule has 0 aliphatic heterocycles. The fourth-order valence-corrected chi connectivity index (χ4v) is 2.11. The van der Waals surface area contributed by atoms with Crippen molar-refractivity contribution in [2.45, 2.75) is 0 Å². The molecule has 2 aromatic carbocycles. The van der Waals surface area contributed by atoms with E-state index in [2.05, 4.69) is 15.8 Å². The van der Waals surface area contributed by atoms with Gasteiger partial charge in [-0.2, -0.15) is 5.10 Å². The number of hydrazone groups is 1. The Morgan fingerprint density at radius 3 is 2.44 bits per heavy atom. The zero-order chi connectivity index (χ0) is 17.5. The van der Waals surface area contributed by atoms with Crippen LogP contribution in [0.4, 0.5) is 5.69 Å². The van der Waals surface area contributed by atoms with Gasteiger partial charge in [-0.1, -0.05) is 24.3 Å². The Hall–Kier alpha value is -3.67. The number of carbonyl (C=O) groups is 2. The number of carbonyl (C=O) groups excluding carboxylic acids is 2. The number of anilines is 1. The van der Waals surface area contributed by atoms with E-state index < -0.39 is 5.91 Å². The van der Waals surface area contributed by atoms with Gasteiger partial charge in [-0.05, 0) is 42.5 Å². The first kappa shape index (κ1) is 16.2. The molecule has 124 valence electrons. The van der Waals surface area contributed by atoms with Gasteiger partial charge in [0.2, 0.25) is 0 Å². The van der Waals surface area contributed by atoms with Crippen LogP contribution in [0.3, 0.4) is 0 Å². The number of furan rings is 1. The molecule has 1 heterocycles. The highest BCUT2D eigenvalue weighted by Gasteiger charge is 2.08. The van der Waals surface area contributed by atoms with Gasteiger partial charge in [0, 0.05) is 16.8 Å².